The third kappa shape index (κ3) is 6.35. The zero-order chi connectivity index (χ0) is 42.9. The minimum Gasteiger partial charge on any atom is -0.456 e. The third-order valence-corrected chi connectivity index (χ3v) is 14.8. The van der Waals surface area contributed by atoms with Gasteiger partial charge in [-0.2, -0.15) is 0 Å². The number of furan rings is 1. The summed E-state index contributed by atoms with van der Waals surface area (Å²) in [6.07, 6.45) is 0. The van der Waals surface area contributed by atoms with Crippen LogP contribution in [0.1, 0.15) is 0 Å². The van der Waals surface area contributed by atoms with E-state index in [1.165, 1.54) is 16.1 Å². The summed E-state index contributed by atoms with van der Waals surface area (Å²) in [6, 6.07) is 76.3. The molecule has 0 saturated carbocycles. The second-order valence-corrected chi connectivity index (χ2v) is 22.8. The van der Waals surface area contributed by atoms with Crippen LogP contribution in [0.2, 0.25) is 19.6 Å². The Morgan fingerprint density at radius 2 is 1.00 bits per heavy atom. The summed E-state index contributed by atoms with van der Waals surface area (Å²) >= 11 is 0. The first-order valence-electron chi connectivity index (χ1n) is 22.0. The zero-order valence-electron chi connectivity index (χ0n) is 35.9. The van der Waals surface area contributed by atoms with Gasteiger partial charge >= 0.3 is 0 Å². The van der Waals surface area contributed by atoms with Crippen molar-refractivity contribution in [3.05, 3.63) is 212 Å². The highest BCUT2D eigenvalue weighted by atomic mass is 28.3. The summed E-state index contributed by atoms with van der Waals surface area (Å²) in [5.74, 6) is 1.71. The maximum Gasteiger partial charge on any atom is 0.137 e. The van der Waals surface area contributed by atoms with Gasteiger partial charge in [-0.3, -0.25) is 0 Å². The van der Waals surface area contributed by atoms with Gasteiger partial charge in [0.05, 0.1) is 13.8 Å². The van der Waals surface area contributed by atoms with Gasteiger partial charge in [0.2, 0.25) is 0 Å². The monoisotopic (exact) mass is 840 g/mol. The van der Waals surface area contributed by atoms with Gasteiger partial charge in [0, 0.05) is 61.8 Å². The highest BCUT2D eigenvalue weighted by Crippen LogP contribution is 2.52. The fourth-order valence-electron chi connectivity index (χ4n) is 9.62. The molecule has 11 aromatic rings. The fraction of sp³-hybridized carbons (Fsp3) is 0.0508. The molecular formula is C59H44N2O2Si. The average Bonchev–Trinajstić information content (AvgIpc) is 3.71. The number of anilines is 6. The molecule has 0 N–H and O–H groups in total. The number of para-hydroxylation sites is 3. The fourth-order valence-corrected chi connectivity index (χ4v) is 10.8. The van der Waals surface area contributed by atoms with Crippen molar-refractivity contribution in [2.75, 3.05) is 9.80 Å². The Kier molecular flexibility index (Phi) is 8.82. The summed E-state index contributed by atoms with van der Waals surface area (Å²) in [6.45, 7) is 7.18. The van der Waals surface area contributed by atoms with E-state index in [0.29, 0.717) is 0 Å². The predicted molar refractivity (Wildman–Crippen MR) is 272 cm³/mol. The summed E-state index contributed by atoms with van der Waals surface area (Å²) in [5, 5.41) is 8.24. The molecule has 0 radical (unpaired) electrons. The third-order valence-electron chi connectivity index (χ3n) is 12.8. The van der Waals surface area contributed by atoms with Crippen molar-refractivity contribution in [2.24, 2.45) is 0 Å². The molecule has 4 nitrogen and oxygen atoms in total. The van der Waals surface area contributed by atoms with Crippen molar-refractivity contribution in [1.29, 1.82) is 0 Å². The van der Waals surface area contributed by atoms with Crippen molar-refractivity contribution in [2.45, 2.75) is 19.6 Å². The largest absolute Gasteiger partial charge is 0.456 e. The first-order valence-corrected chi connectivity index (χ1v) is 25.5. The number of nitrogens with zero attached hydrogens (tertiary/aromatic N) is 2. The molecule has 0 fully saturated rings. The number of rotatable bonds is 8. The van der Waals surface area contributed by atoms with Crippen molar-refractivity contribution in [3.63, 3.8) is 0 Å². The average molecular weight is 841 g/mol. The van der Waals surface area contributed by atoms with Crippen molar-refractivity contribution in [3.8, 4) is 33.8 Å². The van der Waals surface area contributed by atoms with E-state index in [9.17, 15) is 0 Å². The number of hydrogen-bond donors (Lipinski definition) is 0. The molecule has 64 heavy (non-hydrogen) atoms. The summed E-state index contributed by atoms with van der Waals surface area (Å²) in [5.41, 5.74) is 12.8. The standard InChI is InChI=1S/C59H44N2O2Si/c1-64(2,3)46-31-27-42(28-32-46)60(41-17-8-5-9-18-41)45-29-33-49-53-35-40-25-26-43(36-51(40)50-21-14-24-57(59(50)53)63-58(49)38-45)61(54-22-12-10-19-47(54)39-15-6-4-7-16-39)44-30-34-56-52(37-44)48-20-11-13-23-55(48)62-56/h4-38H,1-3H3. The van der Waals surface area contributed by atoms with Gasteiger partial charge in [0.1, 0.15) is 22.7 Å². The molecular weight excluding hydrogens is 797 g/mol. The molecule has 0 unspecified atom stereocenters. The lowest BCUT2D eigenvalue weighted by Gasteiger charge is -2.29. The molecule has 5 heteroatoms. The van der Waals surface area contributed by atoms with E-state index in [1.807, 2.05) is 12.1 Å². The van der Waals surface area contributed by atoms with E-state index in [1.54, 1.807) is 0 Å². The van der Waals surface area contributed by atoms with Crippen LogP contribution in [-0.4, -0.2) is 8.07 Å². The lowest BCUT2D eigenvalue weighted by molar-refractivity contribution is 0.487. The van der Waals surface area contributed by atoms with Crippen LogP contribution in [0.3, 0.4) is 0 Å². The Labute approximate surface area is 373 Å². The molecule has 0 bridgehead atoms. The molecule has 0 atom stereocenters. The van der Waals surface area contributed by atoms with Gasteiger partial charge in [0.15, 0.2) is 0 Å². The Bertz CT molecular complexity index is 3570. The van der Waals surface area contributed by atoms with E-state index in [0.717, 1.165) is 100 Å². The van der Waals surface area contributed by atoms with E-state index in [-0.39, 0.29) is 0 Å². The molecule has 2 heterocycles. The molecule has 0 amide bonds. The zero-order valence-corrected chi connectivity index (χ0v) is 36.9. The maximum absolute atomic E-state index is 6.93. The van der Waals surface area contributed by atoms with E-state index in [4.69, 9.17) is 9.15 Å². The summed E-state index contributed by atoms with van der Waals surface area (Å²) in [4.78, 5) is 4.72. The molecule has 1 aliphatic heterocycles. The van der Waals surface area contributed by atoms with Crippen molar-refractivity contribution < 1.29 is 9.15 Å². The minimum atomic E-state index is -1.46. The molecule has 1 aromatic heterocycles. The van der Waals surface area contributed by atoms with Crippen LogP contribution >= 0.6 is 0 Å². The SMILES string of the molecule is C[Si](C)(C)c1ccc(N(c2ccccc2)c2ccc3c(c2)Oc2cccc4c2c-3cc2ccc(N(c3ccc5oc6ccccc6c5c3)c3ccccc3-c3ccccc3)cc24)cc1. The van der Waals surface area contributed by atoms with Crippen LogP contribution in [0.25, 0.3) is 65.7 Å². The first-order chi connectivity index (χ1) is 31.4. The quantitative estimate of drug-likeness (QED) is 0.113. The Hall–Kier alpha value is -7.86. The van der Waals surface area contributed by atoms with Gasteiger partial charge in [0.25, 0.3) is 0 Å². The van der Waals surface area contributed by atoms with Crippen LogP contribution in [0.15, 0.2) is 217 Å². The molecule has 0 saturated heterocycles. The first kappa shape index (κ1) is 37.9. The maximum atomic E-state index is 6.93. The van der Waals surface area contributed by atoms with Gasteiger partial charge in [-0.25, -0.2) is 0 Å². The highest BCUT2D eigenvalue weighted by molar-refractivity contribution is 6.88. The highest BCUT2D eigenvalue weighted by Gasteiger charge is 2.26. The number of benzene rings is 10. The second kappa shape index (κ2) is 14.9. The van der Waals surface area contributed by atoms with E-state index >= 15 is 0 Å². The Balaban J connectivity index is 1.01. The molecule has 0 aliphatic carbocycles. The molecule has 12 rings (SSSR count). The van der Waals surface area contributed by atoms with Gasteiger partial charge < -0.3 is 19.0 Å². The summed E-state index contributed by atoms with van der Waals surface area (Å²) < 4.78 is 13.2. The van der Waals surface area contributed by atoms with Crippen LogP contribution in [0.5, 0.6) is 11.5 Å². The van der Waals surface area contributed by atoms with Gasteiger partial charge in [-0.05, 0) is 118 Å². The number of hydrogen-bond acceptors (Lipinski definition) is 4. The molecule has 10 aromatic carbocycles. The van der Waals surface area contributed by atoms with E-state index < -0.39 is 8.07 Å². The lowest BCUT2D eigenvalue weighted by Crippen LogP contribution is -2.37. The number of ether oxygens (including phenoxy) is 1. The lowest BCUT2D eigenvalue weighted by atomic mass is 9.90. The second-order valence-electron chi connectivity index (χ2n) is 17.8. The minimum absolute atomic E-state index is 0.846. The van der Waals surface area contributed by atoms with Crippen molar-refractivity contribution in [1.82, 2.24) is 0 Å². The van der Waals surface area contributed by atoms with Gasteiger partial charge in [-0.1, -0.05) is 140 Å². The topological polar surface area (TPSA) is 28.9 Å². The normalized spacial score (nSPS) is 12.1. The van der Waals surface area contributed by atoms with Crippen molar-refractivity contribution >= 4 is 90.9 Å². The van der Waals surface area contributed by atoms with E-state index in [2.05, 4.69) is 230 Å². The Morgan fingerprint density at radius 1 is 0.375 bits per heavy atom. The van der Waals surface area contributed by atoms with Crippen LogP contribution < -0.4 is 19.7 Å². The Morgan fingerprint density at radius 3 is 1.81 bits per heavy atom. The molecule has 1 aliphatic rings. The smallest absolute Gasteiger partial charge is 0.137 e. The van der Waals surface area contributed by atoms with Crippen LogP contribution in [0, 0.1) is 0 Å². The summed E-state index contributed by atoms with van der Waals surface area (Å²) in [7, 11) is -1.46. The molecule has 306 valence electrons. The molecule has 0 spiro atoms. The predicted octanol–water partition coefficient (Wildman–Crippen LogP) is 16.8. The number of fused-ring (bicyclic) bond motifs is 7. The van der Waals surface area contributed by atoms with Gasteiger partial charge in [-0.15, -0.1) is 0 Å². The van der Waals surface area contributed by atoms with Crippen LogP contribution in [0.4, 0.5) is 34.1 Å². The van der Waals surface area contributed by atoms with Crippen LogP contribution in [-0.2, 0) is 0 Å².